The van der Waals surface area contributed by atoms with Gasteiger partial charge in [0.05, 0.1) is 18.6 Å². The molecule has 2 amide bonds. The van der Waals surface area contributed by atoms with E-state index in [0.717, 1.165) is 24.9 Å². The molecule has 19 heavy (non-hydrogen) atoms. The number of hydrogen-bond acceptors (Lipinski definition) is 3. The van der Waals surface area contributed by atoms with E-state index in [1.54, 1.807) is 23.9 Å². The molecule has 5 heteroatoms. The Balaban J connectivity index is 1.62. The molecule has 1 saturated heterocycles. The van der Waals surface area contributed by atoms with Crippen LogP contribution in [0.3, 0.4) is 0 Å². The summed E-state index contributed by atoms with van der Waals surface area (Å²) in [6, 6.07) is 4.21. The maximum absolute atomic E-state index is 12.2. The highest BCUT2D eigenvalue weighted by molar-refractivity contribution is 7.07. The minimum atomic E-state index is 0.00917. The number of nitrogens with zero attached hydrogens (tertiary/aromatic N) is 1. The summed E-state index contributed by atoms with van der Waals surface area (Å²) in [7, 11) is 0. The number of likely N-dealkylation sites (tertiary alicyclic amines) is 1. The molecule has 3 heterocycles. The zero-order chi connectivity index (χ0) is 13.1. The maximum atomic E-state index is 12.2. The molecule has 0 aromatic carbocycles. The zero-order valence-electron chi connectivity index (χ0n) is 10.5. The molecule has 1 N–H and O–H groups in total. The van der Waals surface area contributed by atoms with Gasteiger partial charge in [0.25, 0.3) is 0 Å². The fourth-order valence-corrected chi connectivity index (χ4v) is 3.20. The first-order valence-corrected chi connectivity index (χ1v) is 7.36. The number of urea groups is 1. The van der Waals surface area contributed by atoms with Crippen LogP contribution in [0.25, 0.3) is 0 Å². The molecule has 0 saturated carbocycles. The van der Waals surface area contributed by atoms with Crippen LogP contribution < -0.4 is 5.32 Å². The van der Waals surface area contributed by atoms with E-state index in [0.29, 0.717) is 6.54 Å². The Kier molecular flexibility index (Phi) is 3.55. The van der Waals surface area contributed by atoms with Crippen molar-refractivity contribution in [3.8, 4) is 0 Å². The smallest absolute Gasteiger partial charge is 0.318 e. The normalized spacial score (nSPS) is 18.7. The van der Waals surface area contributed by atoms with Gasteiger partial charge in [-0.05, 0) is 41.3 Å². The summed E-state index contributed by atoms with van der Waals surface area (Å²) < 4.78 is 4.99. The van der Waals surface area contributed by atoms with Gasteiger partial charge in [-0.2, -0.15) is 11.3 Å². The lowest BCUT2D eigenvalue weighted by Crippen LogP contribution is -2.38. The molecule has 1 atom stereocenters. The number of amides is 2. The van der Waals surface area contributed by atoms with Gasteiger partial charge >= 0.3 is 6.03 Å². The molecule has 2 aromatic heterocycles. The van der Waals surface area contributed by atoms with E-state index < -0.39 is 0 Å². The molecule has 0 spiro atoms. The minimum Gasteiger partial charge on any atom is -0.472 e. The SMILES string of the molecule is O=C(NCc1ccoc1)N1CCC[C@H]1c1ccsc1. The van der Waals surface area contributed by atoms with E-state index in [-0.39, 0.29) is 12.1 Å². The first-order valence-electron chi connectivity index (χ1n) is 6.42. The third kappa shape index (κ3) is 2.66. The van der Waals surface area contributed by atoms with Crippen LogP contribution in [-0.4, -0.2) is 17.5 Å². The molecule has 4 nitrogen and oxygen atoms in total. The van der Waals surface area contributed by atoms with Gasteiger partial charge in [0.2, 0.25) is 0 Å². The summed E-state index contributed by atoms with van der Waals surface area (Å²) >= 11 is 1.68. The van der Waals surface area contributed by atoms with Crippen LogP contribution in [0.4, 0.5) is 4.79 Å². The van der Waals surface area contributed by atoms with Crippen molar-refractivity contribution < 1.29 is 9.21 Å². The van der Waals surface area contributed by atoms with Gasteiger partial charge in [0.15, 0.2) is 0 Å². The summed E-state index contributed by atoms with van der Waals surface area (Å²) in [5.41, 5.74) is 2.24. The molecule has 0 aliphatic carbocycles. The number of carbonyl (C=O) groups is 1. The van der Waals surface area contributed by atoms with Crippen LogP contribution in [0, 0.1) is 0 Å². The third-order valence-corrected chi connectivity index (χ3v) is 4.17. The Morgan fingerprint density at radius 3 is 3.21 bits per heavy atom. The Bertz CT molecular complexity index is 522. The molecule has 100 valence electrons. The van der Waals surface area contributed by atoms with Crippen molar-refractivity contribution in [3.05, 3.63) is 46.5 Å². The highest BCUT2D eigenvalue weighted by atomic mass is 32.1. The second-order valence-corrected chi connectivity index (χ2v) is 5.48. The van der Waals surface area contributed by atoms with Crippen LogP contribution in [0.1, 0.15) is 30.0 Å². The average Bonchev–Trinajstić information content (AvgIpc) is 3.14. The van der Waals surface area contributed by atoms with Crippen molar-refractivity contribution in [2.75, 3.05) is 6.54 Å². The van der Waals surface area contributed by atoms with Crippen LogP contribution in [-0.2, 0) is 6.54 Å². The van der Waals surface area contributed by atoms with E-state index in [2.05, 4.69) is 22.1 Å². The highest BCUT2D eigenvalue weighted by Crippen LogP contribution is 2.32. The largest absolute Gasteiger partial charge is 0.472 e. The Morgan fingerprint density at radius 2 is 2.47 bits per heavy atom. The predicted octanol–water partition coefficient (Wildman–Crippen LogP) is 3.39. The predicted molar refractivity (Wildman–Crippen MR) is 73.9 cm³/mol. The number of thiophene rings is 1. The van der Waals surface area contributed by atoms with E-state index in [9.17, 15) is 4.79 Å². The van der Waals surface area contributed by atoms with Crippen LogP contribution in [0.5, 0.6) is 0 Å². The van der Waals surface area contributed by atoms with Gasteiger partial charge in [-0.3, -0.25) is 0 Å². The van der Waals surface area contributed by atoms with Gasteiger partial charge in [-0.1, -0.05) is 0 Å². The first kappa shape index (κ1) is 12.3. The Labute approximate surface area is 116 Å². The number of hydrogen-bond donors (Lipinski definition) is 1. The summed E-state index contributed by atoms with van der Waals surface area (Å²) in [5, 5.41) is 7.15. The van der Waals surface area contributed by atoms with Crippen molar-refractivity contribution in [2.24, 2.45) is 0 Å². The number of carbonyl (C=O) groups excluding carboxylic acids is 1. The monoisotopic (exact) mass is 276 g/mol. The Hall–Kier alpha value is -1.75. The standard InChI is InChI=1S/C14H16N2O2S/c17-14(15-8-11-3-6-18-9-11)16-5-1-2-13(16)12-4-7-19-10-12/h3-4,6-7,9-10,13H,1-2,5,8H2,(H,15,17)/t13-/m0/s1. The van der Waals surface area contributed by atoms with Crippen LogP contribution >= 0.6 is 11.3 Å². The molecule has 1 aliphatic heterocycles. The molecule has 2 aromatic rings. The van der Waals surface area contributed by atoms with Gasteiger partial charge in [0, 0.05) is 18.7 Å². The fourth-order valence-electron chi connectivity index (χ4n) is 2.49. The minimum absolute atomic E-state index is 0.00917. The third-order valence-electron chi connectivity index (χ3n) is 3.47. The zero-order valence-corrected chi connectivity index (χ0v) is 11.4. The number of nitrogens with one attached hydrogen (secondary N) is 1. The lowest BCUT2D eigenvalue weighted by atomic mass is 10.1. The van der Waals surface area contributed by atoms with Crippen LogP contribution in [0.2, 0.25) is 0 Å². The summed E-state index contributed by atoms with van der Waals surface area (Å²) in [6.07, 6.45) is 5.39. The molecule has 3 rings (SSSR count). The van der Waals surface area contributed by atoms with E-state index in [4.69, 9.17) is 4.42 Å². The molecule has 0 unspecified atom stereocenters. The maximum Gasteiger partial charge on any atom is 0.318 e. The summed E-state index contributed by atoms with van der Waals surface area (Å²) in [6.45, 7) is 1.35. The summed E-state index contributed by atoms with van der Waals surface area (Å²) in [5.74, 6) is 0. The van der Waals surface area contributed by atoms with E-state index in [1.807, 2.05) is 11.0 Å². The van der Waals surface area contributed by atoms with Crippen molar-refractivity contribution in [1.82, 2.24) is 10.2 Å². The first-order chi connectivity index (χ1) is 9.34. The van der Waals surface area contributed by atoms with Gasteiger partial charge < -0.3 is 14.6 Å². The van der Waals surface area contributed by atoms with E-state index >= 15 is 0 Å². The van der Waals surface area contributed by atoms with Crippen molar-refractivity contribution in [1.29, 1.82) is 0 Å². The van der Waals surface area contributed by atoms with Gasteiger partial charge in [-0.15, -0.1) is 0 Å². The van der Waals surface area contributed by atoms with Crippen LogP contribution in [0.15, 0.2) is 39.8 Å². The second kappa shape index (κ2) is 5.48. The topological polar surface area (TPSA) is 45.5 Å². The second-order valence-electron chi connectivity index (χ2n) is 4.70. The van der Waals surface area contributed by atoms with Gasteiger partial charge in [0.1, 0.15) is 0 Å². The van der Waals surface area contributed by atoms with E-state index in [1.165, 1.54) is 5.56 Å². The van der Waals surface area contributed by atoms with Crippen molar-refractivity contribution in [2.45, 2.75) is 25.4 Å². The van der Waals surface area contributed by atoms with Gasteiger partial charge in [-0.25, -0.2) is 4.79 Å². The lowest BCUT2D eigenvalue weighted by molar-refractivity contribution is 0.192. The molecule has 0 bridgehead atoms. The number of rotatable bonds is 3. The lowest BCUT2D eigenvalue weighted by Gasteiger charge is -2.24. The average molecular weight is 276 g/mol. The molecule has 0 radical (unpaired) electrons. The molecular formula is C14H16N2O2S. The fraction of sp³-hybridized carbons (Fsp3) is 0.357. The number of furan rings is 1. The highest BCUT2D eigenvalue weighted by Gasteiger charge is 2.29. The quantitative estimate of drug-likeness (QED) is 0.934. The van der Waals surface area contributed by atoms with Crippen molar-refractivity contribution >= 4 is 17.4 Å². The molecule has 1 aliphatic rings. The van der Waals surface area contributed by atoms with Crippen molar-refractivity contribution in [3.63, 3.8) is 0 Å². The Morgan fingerprint density at radius 1 is 1.53 bits per heavy atom. The molecular weight excluding hydrogens is 260 g/mol. The summed E-state index contributed by atoms with van der Waals surface area (Å²) in [4.78, 5) is 14.2. The molecule has 1 fully saturated rings.